The molecule has 0 aliphatic heterocycles. The van der Waals surface area contributed by atoms with E-state index in [-0.39, 0.29) is 6.61 Å². The average molecular weight is 601 g/mol. The first-order valence-electron chi connectivity index (χ1n) is 16.2. The van der Waals surface area contributed by atoms with E-state index < -0.39 is 15.4 Å². The van der Waals surface area contributed by atoms with Gasteiger partial charge in [0.25, 0.3) is 10.1 Å². The highest BCUT2D eigenvalue weighted by Gasteiger charge is 2.15. The van der Waals surface area contributed by atoms with Gasteiger partial charge in [0, 0.05) is 0 Å². The molecule has 0 aliphatic rings. The van der Waals surface area contributed by atoms with E-state index in [1.807, 2.05) is 13.0 Å². The van der Waals surface area contributed by atoms with Gasteiger partial charge in [0.2, 0.25) is 0 Å². The predicted octanol–water partition coefficient (Wildman–Crippen LogP) is 12.1. The third kappa shape index (κ3) is 23.6. The van der Waals surface area contributed by atoms with Crippen LogP contribution in [0.4, 0.5) is 0 Å². The third-order valence-corrected chi connectivity index (χ3v) is 9.11. The molecule has 0 bridgehead atoms. The first-order chi connectivity index (χ1) is 19.7. The molecule has 0 radical (unpaired) electrons. The van der Waals surface area contributed by atoms with E-state index >= 15 is 0 Å². The van der Waals surface area contributed by atoms with Gasteiger partial charge in [-0.05, 0) is 146 Å². The molecule has 0 aromatic heterocycles. The van der Waals surface area contributed by atoms with Gasteiger partial charge in [-0.3, -0.25) is 4.18 Å². The molecule has 0 heterocycles. The van der Waals surface area contributed by atoms with Gasteiger partial charge in [0.1, 0.15) is 0 Å². The number of rotatable bonds is 22. The highest BCUT2D eigenvalue weighted by Crippen LogP contribution is 2.16. The molecule has 0 aliphatic carbocycles. The van der Waals surface area contributed by atoms with Crippen LogP contribution in [0.1, 0.15) is 146 Å². The summed E-state index contributed by atoms with van der Waals surface area (Å²) >= 11 is 0. The number of hydrogen-bond donors (Lipinski definition) is 0. The van der Waals surface area contributed by atoms with Crippen molar-refractivity contribution in [1.82, 2.24) is 0 Å². The highest BCUT2D eigenvalue weighted by atomic mass is 32.2. The van der Waals surface area contributed by atoms with Crippen LogP contribution in [0.3, 0.4) is 0 Å². The summed E-state index contributed by atoms with van der Waals surface area (Å²) in [7, 11) is -3.44. The van der Waals surface area contributed by atoms with E-state index in [4.69, 9.17) is 4.18 Å². The van der Waals surface area contributed by atoms with Gasteiger partial charge in [0.05, 0.1) is 11.9 Å². The van der Waals surface area contributed by atoms with E-state index in [0.29, 0.717) is 0 Å². The first kappa shape index (κ1) is 40.1. The topological polar surface area (TPSA) is 43.4 Å². The lowest BCUT2D eigenvalue weighted by molar-refractivity contribution is 0.351. The molecule has 42 heavy (non-hydrogen) atoms. The van der Waals surface area contributed by atoms with Crippen molar-refractivity contribution in [2.75, 3.05) is 6.61 Å². The Balaban J connectivity index is 4.23. The van der Waals surface area contributed by atoms with Crippen LogP contribution in [0, 0.1) is 0 Å². The van der Waals surface area contributed by atoms with Crippen LogP contribution in [-0.4, -0.2) is 20.3 Å². The molecule has 0 unspecified atom stereocenters. The molecule has 0 aromatic carbocycles. The van der Waals surface area contributed by atoms with Crippen molar-refractivity contribution in [1.29, 1.82) is 0 Å². The molecular weight excluding hydrogens is 536 g/mol. The molecular formula is C38H64O3S. The highest BCUT2D eigenvalue weighted by molar-refractivity contribution is 7.87. The van der Waals surface area contributed by atoms with Crippen molar-refractivity contribution >= 4 is 10.1 Å². The van der Waals surface area contributed by atoms with Gasteiger partial charge in [-0.25, -0.2) is 0 Å². The fourth-order valence-corrected chi connectivity index (χ4v) is 4.87. The van der Waals surface area contributed by atoms with Crippen molar-refractivity contribution in [2.45, 2.75) is 152 Å². The van der Waals surface area contributed by atoms with Gasteiger partial charge in [0.15, 0.2) is 0 Å². The molecule has 0 N–H and O–H groups in total. The Morgan fingerprint density at radius 2 is 0.738 bits per heavy atom. The van der Waals surface area contributed by atoms with E-state index in [0.717, 1.165) is 69.8 Å². The van der Waals surface area contributed by atoms with Gasteiger partial charge in [-0.15, -0.1) is 0 Å². The molecule has 0 amide bonds. The van der Waals surface area contributed by atoms with Crippen LogP contribution in [0.5, 0.6) is 0 Å². The SMILES string of the molecule is CC(C)=CCCC(C)=CCCC(C)=CCC/C(C)=C/CC/C(C)=C/CC/C(C)=C/CC/C(C)=C/COS(=O)(=O)C(C)C. The van der Waals surface area contributed by atoms with Crippen LogP contribution >= 0.6 is 0 Å². The third-order valence-electron chi connectivity index (χ3n) is 7.49. The normalized spacial score (nSPS) is 14.6. The Labute approximate surface area is 261 Å². The van der Waals surface area contributed by atoms with E-state index in [2.05, 4.69) is 84.9 Å². The standard InChI is InChI=1S/C38H64O3S/c1-31(2)17-11-18-33(5)19-12-20-34(6)21-13-22-35(7)23-14-24-36(8)25-15-26-37(9)27-16-28-38(10)29-30-41-42(39,40)32(3)4/h17,19,21,23,25,27,29,32H,11-16,18,20,22,24,26,28,30H2,1-10H3/b33-19?,34-21?,35-23+,36-25+,37-27+,38-29+. The molecule has 0 fully saturated rings. The summed E-state index contributed by atoms with van der Waals surface area (Å²) in [5.41, 5.74) is 9.97. The maximum atomic E-state index is 11.7. The maximum Gasteiger partial charge on any atom is 0.269 e. The Morgan fingerprint density at radius 1 is 0.476 bits per heavy atom. The van der Waals surface area contributed by atoms with Crippen LogP contribution < -0.4 is 0 Å². The Kier molecular flexibility index (Phi) is 22.5. The average Bonchev–Trinajstić information content (AvgIpc) is 2.88. The summed E-state index contributed by atoms with van der Waals surface area (Å²) in [4.78, 5) is 0. The van der Waals surface area contributed by atoms with Crippen LogP contribution in [-0.2, 0) is 14.3 Å². The van der Waals surface area contributed by atoms with Gasteiger partial charge < -0.3 is 0 Å². The van der Waals surface area contributed by atoms with Crippen molar-refractivity contribution in [3.8, 4) is 0 Å². The number of hydrogen-bond acceptors (Lipinski definition) is 3. The molecule has 3 nitrogen and oxygen atoms in total. The maximum absolute atomic E-state index is 11.7. The molecule has 0 aromatic rings. The molecule has 0 saturated carbocycles. The van der Waals surface area contributed by atoms with Crippen molar-refractivity contribution in [3.63, 3.8) is 0 Å². The zero-order valence-electron chi connectivity index (χ0n) is 28.9. The Hall–Kier alpha value is -1.91. The fourth-order valence-electron chi connectivity index (χ4n) is 4.34. The summed E-state index contributed by atoms with van der Waals surface area (Å²) in [6, 6.07) is 0. The minimum absolute atomic E-state index is 0.125. The summed E-state index contributed by atoms with van der Waals surface area (Å²) in [6.45, 7) is 21.0. The zero-order valence-corrected chi connectivity index (χ0v) is 29.8. The summed E-state index contributed by atoms with van der Waals surface area (Å²) < 4.78 is 28.4. The number of allylic oxidation sites excluding steroid dienone is 13. The van der Waals surface area contributed by atoms with E-state index in [1.165, 1.54) is 46.3 Å². The molecule has 0 rings (SSSR count). The van der Waals surface area contributed by atoms with Crippen molar-refractivity contribution in [3.05, 3.63) is 81.5 Å². The zero-order chi connectivity index (χ0) is 32.0. The summed E-state index contributed by atoms with van der Waals surface area (Å²) in [5.74, 6) is 0. The van der Waals surface area contributed by atoms with Crippen LogP contribution in [0.15, 0.2) is 81.5 Å². The minimum atomic E-state index is -3.44. The summed E-state index contributed by atoms with van der Waals surface area (Å²) in [5, 5.41) is -0.507. The Morgan fingerprint density at radius 3 is 1.00 bits per heavy atom. The van der Waals surface area contributed by atoms with Crippen LogP contribution in [0.25, 0.3) is 0 Å². The second kappa shape index (κ2) is 23.5. The first-order valence-corrected chi connectivity index (χ1v) is 17.7. The lowest BCUT2D eigenvalue weighted by Gasteiger charge is -2.06. The molecule has 4 heteroatoms. The lowest BCUT2D eigenvalue weighted by Crippen LogP contribution is -2.17. The molecule has 0 saturated heterocycles. The molecule has 0 spiro atoms. The molecule has 0 atom stereocenters. The van der Waals surface area contributed by atoms with Gasteiger partial charge >= 0.3 is 0 Å². The van der Waals surface area contributed by atoms with Crippen LogP contribution in [0.2, 0.25) is 0 Å². The Bertz CT molecular complexity index is 1090. The minimum Gasteiger partial charge on any atom is -0.266 e. The second-order valence-corrected chi connectivity index (χ2v) is 14.8. The fraction of sp³-hybridized carbons (Fsp3) is 0.632. The van der Waals surface area contributed by atoms with Crippen molar-refractivity contribution in [2.24, 2.45) is 0 Å². The summed E-state index contributed by atoms with van der Waals surface area (Å²) in [6.07, 6.45) is 29.4. The largest absolute Gasteiger partial charge is 0.269 e. The monoisotopic (exact) mass is 600 g/mol. The smallest absolute Gasteiger partial charge is 0.266 e. The second-order valence-electron chi connectivity index (χ2n) is 12.6. The van der Waals surface area contributed by atoms with Crippen molar-refractivity contribution < 1.29 is 12.6 Å². The quantitative estimate of drug-likeness (QED) is 0.0917. The molecule has 240 valence electrons. The van der Waals surface area contributed by atoms with E-state index in [9.17, 15) is 8.42 Å². The predicted molar refractivity (Wildman–Crippen MR) is 187 cm³/mol. The lowest BCUT2D eigenvalue weighted by atomic mass is 10.0. The van der Waals surface area contributed by atoms with E-state index in [1.54, 1.807) is 13.8 Å². The van der Waals surface area contributed by atoms with Gasteiger partial charge in [-0.2, -0.15) is 8.42 Å². The van der Waals surface area contributed by atoms with Gasteiger partial charge in [-0.1, -0.05) is 81.5 Å².